The molecule has 0 spiro atoms. The zero-order chi connectivity index (χ0) is 24.5. The number of hydrogen-bond donors (Lipinski definition) is 1. The molecule has 0 radical (unpaired) electrons. The molecule has 1 amide bonds. The Bertz CT molecular complexity index is 1350. The second-order valence-electron chi connectivity index (χ2n) is 8.01. The molecule has 1 N–H and O–H groups in total. The van der Waals surface area contributed by atoms with Gasteiger partial charge in [0.2, 0.25) is 10.0 Å². The van der Waals surface area contributed by atoms with Gasteiger partial charge in [0, 0.05) is 38.6 Å². The summed E-state index contributed by atoms with van der Waals surface area (Å²) in [5.74, 6) is -1.90. The third-order valence-corrected chi connectivity index (χ3v) is 7.47. The molecule has 3 aromatic rings. The minimum absolute atomic E-state index is 0.0469. The molecule has 1 aliphatic rings. The number of carbonyl (C=O) groups excluding carboxylic acids is 2. The van der Waals surface area contributed by atoms with Gasteiger partial charge in [0.15, 0.2) is 0 Å². The Hall–Kier alpha value is -3.82. The van der Waals surface area contributed by atoms with Crippen LogP contribution in [0, 0.1) is 0 Å². The van der Waals surface area contributed by atoms with Gasteiger partial charge in [-0.15, -0.1) is 0 Å². The molecule has 1 atom stereocenters. The Labute approximate surface area is 197 Å². The van der Waals surface area contributed by atoms with E-state index in [1.165, 1.54) is 43.3 Å². The van der Waals surface area contributed by atoms with Crippen molar-refractivity contribution in [2.75, 3.05) is 14.1 Å². The normalized spacial score (nSPS) is 18.0. The summed E-state index contributed by atoms with van der Waals surface area (Å²) in [5, 5.41) is 11.1. The van der Waals surface area contributed by atoms with E-state index in [4.69, 9.17) is 0 Å². The minimum atomic E-state index is -3.65. The predicted octanol–water partition coefficient (Wildman–Crippen LogP) is 2.95. The highest BCUT2D eigenvalue weighted by Gasteiger charge is 2.46. The predicted molar refractivity (Wildman–Crippen MR) is 126 cm³/mol. The van der Waals surface area contributed by atoms with E-state index < -0.39 is 27.8 Å². The Morgan fingerprint density at radius 1 is 1.00 bits per heavy atom. The third kappa shape index (κ3) is 4.23. The molecule has 174 valence electrons. The quantitative estimate of drug-likeness (QED) is 0.332. The van der Waals surface area contributed by atoms with Crippen molar-refractivity contribution in [3.63, 3.8) is 0 Å². The molecule has 1 aliphatic heterocycles. The Morgan fingerprint density at radius 2 is 1.68 bits per heavy atom. The number of hydrogen-bond acceptors (Lipinski definition) is 6. The van der Waals surface area contributed by atoms with Crippen LogP contribution in [0.5, 0.6) is 0 Å². The summed E-state index contributed by atoms with van der Waals surface area (Å²) in [6.45, 7) is 0.134. The second-order valence-corrected chi connectivity index (χ2v) is 10.2. The van der Waals surface area contributed by atoms with Crippen molar-refractivity contribution in [1.82, 2.24) is 14.2 Å². The molecule has 4 rings (SSSR count). The molecule has 1 saturated heterocycles. The molecular formula is C25H23N3O5S. The van der Waals surface area contributed by atoms with Gasteiger partial charge in [-0.25, -0.2) is 12.7 Å². The molecule has 1 fully saturated rings. The average molecular weight is 478 g/mol. The lowest BCUT2D eigenvalue weighted by atomic mass is 9.95. The Morgan fingerprint density at radius 3 is 2.26 bits per heavy atom. The first kappa shape index (κ1) is 23.3. The van der Waals surface area contributed by atoms with E-state index in [1.807, 2.05) is 6.07 Å². The van der Waals surface area contributed by atoms with E-state index in [0.29, 0.717) is 5.56 Å². The summed E-state index contributed by atoms with van der Waals surface area (Å²) >= 11 is 0. The van der Waals surface area contributed by atoms with Crippen LogP contribution in [0.2, 0.25) is 0 Å². The molecular weight excluding hydrogens is 454 g/mol. The van der Waals surface area contributed by atoms with Crippen LogP contribution in [0.1, 0.15) is 22.7 Å². The molecule has 2 heterocycles. The molecule has 0 saturated carbocycles. The van der Waals surface area contributed by atoms with Crippen molar-refractivity contribution < 1.29 is 23.1 Å². The topological polar surface area (TPSA) is 108 Å². The summed E-state index contributed by atoms with van der Waals surface area (Å²) < 4.78 is 25.8. The second kappa shape index (κ2) is 9.20. The van der Waals surface area contributed by atoms with Gasteiger partial charge in [0.25, 0.3) is 11.7 Å². The lowest BCUT2D eigenvalue weighted by Crippen LogP contribution is -2.29. The van der Waals surface area contributed by atoms with Gasteiger partial charge in [-0.2, -0.15) is 0 Å². The van der Waals surface area contributed by atoms with Gasteiger partial charge in [-0.3, -0.25) is 14.6 Å². The molecule has 0 bridgehead atoms. The molecule has 2 aromatic carbocycles. The van der Waals surface area contributed by atoms with E-state index in [2.05, 4.69) is 4.98 Å². The number of nitrogens with zero attached hydrogens (tertiary/aromatic N) is 3. The van der Waals surface area contributed by atoms with Crippen LogP contribution in [0.25, 0.3) is 5.76 Å². The van der Waals surface area contributed by atoms with Gasteiger partial charge in [-0.1, -0.05) is 36.4 Å². The number of likely N-dealkylation sites (tertiary alicyclic amines) is 1. The largest absolute Gasteiger partial charge is 0.507 e. The van der Waals surface area contributed by atoms with Crippen molar-refractivity contribution in [1.29, 1.82) is 0 Å². The highest BCUT2D eigenvalue weighted by molar-refractivity contribution is 7.89. The Balaban J connectivity index is 1.81. The minimum Gasteiger partial charge on any atom is -0.507 e. The number of aromatic nitrogens is 1. The maximum absolute atomic E-state index is 13.1. The first-order valence-electron chi connectivity index (χ1n) is 10.5. The van der Waals surface area contributed by atoms with Crippen molar-refractivity contribution >= 4 is 27.5 Å². The highest BCUT2D eigenvalue weighted by atomic mass is 32.2. The number of benzene rings is 2. The van der Waals surface area contributed by atoms with Crippen molar-refractivity contribution in [2.45, 2.75) is 17.5 Å². The van der Waals surface area contributed by atoms with E-state index in [0.717, 1.165) is 9.87 Å². The summed E-state index contributed by atoms with van der Waals surface area (Å²) in [4.78, 5) is 31.6. The monoisotopic (exact) mass is 477 g/mol. The fourth-order valence-electron chi connectivity index (χ4n) is 3.86. The molecule has 34 heavy (non-hydrogen) atoms. The fourth-order valence-corrected chi connectivity index (χ4v) is 4.77. The number of sulfonamides is 1. The van der Waals surface area contributed by atoms with E-state index in [-0.39, 0.29) is 28.3 Å². The lowest BCUT2D eigenvalue weighted by molar-refractivity contribution is -0.140. The lowest BCUT2D eigenvalue weighted by Gasteiger charge is -2.25. The van der Waals surface area contributed by atoms with E-state index in [1.54, 1.807) is 48.8 Å². The van der Waals surface area contributed by atoms with Crippen molar-refractivity contribution in [3.05, 3.63) is 101 Å². The number of ketones is 1. The van der Waals surface area contributed by atoms with Crippen LogP contribution >= 0.6 is 0 Å². The summed E-state index contributed by atoms with van der Waals surface area (Å²) in [6.07, 6.45) is 3.23. The highest BCUT2D eigenvalue weighted by Crippen LogP contribution is 2.40. The first-order valence-corrected chi connectivity index (χ1v) is 11.9. The molecule has 8 nitrogen and oxygen atoms in total. The van der Waals surface area contributed by atoms with Gasteiger partial charge in [0.1, 0.15) is 5.76 Å². The van der Waals surface area contributed by atoms with Crippen LogP contribution in [-0.2, 0) is 26.2 Å². The smallest absolute Gasteiger partial charge is 0.295 e. The van der Waals surface area contributed by atoms with E-state index >= 15 is 0 Å². The number of rotatable bonds is 6. The van der Waals surface area contributed by atoms with Crippen molar-refractivity contribution in [2.24, 2.45) is 0 Å². The number of Topliss-reactive ketones (excluding diaryl/α,β-unsaturated/α-hetero) is 1. The molecule has 9 heteroatoms. The first-order chi connectivity index (χ1) is 16.2. The van der Waals surface area contributed by atoms with Gasteiger partial charge < -0.3 is 10.0 Å². The maximum atomic E-state index is 13.1. The molecule has 0 aliphatic carbocycles. The maximum Gasteiger partial charge on any atom is 0.295 e. The van der Waals surface area contributed by atoms with Gasteiger partial charge in [0.05, 0.1) is 16.5 Å². The van der Waals surface area contributed by atoms with Crippen LogP contribution < -0.4 is 0 Å². The van der Waals surface area contributed by atoms with Gasteiger partial charge in [-0.05, 0) is 41.5 Å². The number of carbonyl (C=O) groups is 2. The molecule has 1 aromatic heterocycles. The van der Waals surface area contributed by atoms with Gasteiger partial charge >= 0.3 is 0 Å². The molecule has 0 unspecified atom stereocenters. The summed E-state index contributed by atoms with van der Waals surface area (Å²) in [6, 6.07) is 17.3. The standard InChI is InChI=1S/C25H23N3O5S/c1-27(2)34(32,33)20-12-10-19(11-13-20)23(29)21-22(18-8-4-3-5-9-18)28(25(31)24(21)30)16-17-7-6-14-26-15-17/h3-15,22,29H,16H2,1-2H3/t22-/m0/s1. The van der Waals surface area contributed by atoms with E-state index in [9.17, 15) is 23.1 Å². The summed E-state index contributed by atoms with van der Waals surface area (Å²) in [5.41, 5.74) is 1.59. The average Bonchev–Trinajstić information content (AvgIpc) is 3.09. The third-order valence-electron chi connectivity index (χ3n) is 5.64. The number of amides is 1. The number of pyridine rings is 1. The zero-order valence-corrected chi connectivity index (χ0v) is 19.4. The Kier molecular flexibility index (Phi) is 6.32. The number of aliphatic hydroxyl groups excluding tert-OH is 1. The SMILES string of the molecule is CN(C)S(=O)(=O)c1ccc(C(O)=C2C(=O)C(=O)N(Cc3cccnc3)[C@H]2c2ccccc2)cc1. The van der Waals surface area contributed by atoms with Crippen LogP contribution in [-0.4, -0.2) is 53.5 Å². The van der Waals surface area contributed by atoms with Crippen LogP contribution in [0.3, 0.4) is 0 Å². The fraction of sp³-hybridized carbons (Fsp3) is 0.160. The zero-order valence-electron chi connectivity index (χ0n) is 18.6. The summed E-state index contributed by atoms with van der Waals surface area (Å²) in [7, 11) is -0.808. The van der Waals surface area contributed by atoms with Crippen molar-refractivity contribution in [3.8, 4) is 0 Å². The van der Waals surface area contributed by atoms with Crippen LogP contribution in [0.4, 0.5) is 0 Å². The number of aliphatic hydroxyl groups is 1. The van der Waals surface area contributed by atoms with Crippen LogP contribution in [0.15, 0.2) is 89.6 Å².